The molecule has 6 heteroatoms. The largest absolute Gasteiger partial charge is 0.340 e. The van der Waals surface area contributed by atoms with Gasteiger partial charge in [0.15, 0.2) is 0 Å². The van der Waals surface area contributed by atoms with E-state index < -0.39 is 0 Å². The Morgan fingerprint density at radius 1 is 1.07 bits per heavy atom. The van der Waals surface area contributed by atoms with Crippen LogP contribution >= 0.6 is 0 Å². The molecule has 3 aromatic rings. The minimum Gasteiger partial charge on any atom is -0.340 e. The van der Waals surface area contributed by atoms with Crippen LogP contribution in [-0.4, -0.2) is 9.97 Å². The van der Waals surface area contributed by atoms with Crippen molar-refractivity contribution in [1.29, 1.82) is 10.5 Å². The van der Waals surface area contributed by atoms with E-state index in [1.165, 1.54) is 18.2 Å². The minimum absolute atomic E-state index is 0.0220. The van der Waals surface area contributed by atoms with E-state index in [9.17, 15) is 0 Å². The Bertz CT molecular complexity index is 1180. The number of aromatic nitrogens is 2. The summed E-state index contributed by atoms with van der Waals surface area (Å²) in [4.78, 5) is 8.58. The van der Waals surface area contributed by atoms with Gasteiger partial charge in [0, 0.05) is 23.6 Å². The highest BCUT2D eigenvalue weighted by molar-refractivity contribution is 5.69. The van der Waals surface area contributed by atoms with Crippen LogP contribution in [0.25, 0.3) is 6.08 Å². The molecule has 1 heterocycles. The van der Waals surface area contributed by atoms with Crippen molar-refractivity contribution in [3.8, 4) is 12.1 Å². The number of nitriles is 2. The summed E-state index contributed by atoms with van der Waals surface area (Å²) in [6.45, 7) is 3.93. The molecule has 1 aromatic heterocycles. The summed E-state index contributed by atoms with van der Waals surface area (Å²) in [7, 11) is 0. The van der Waals surface area contributed by atoms with E-state index in [0.29, 0.717) is 5.82 Å². The molecule has 0 aliphatic carbocycles. The number of hydrogen-bond donors (Lipinski definition) is 2. The molecule has 0 aliphatic heterocycles. The number of benzene rings is 2. The fraction of sp³-hybridized carbons (Fsp3) is 0.0909. The summed E-state index contributed by atoms with van der Waals surface area (Å²) < 4.78 is 16.1. The Labute approximate surface area is 166 Å². The molecule has 2 N–H and O–H groups in total. The van der Waals surface area contributed by atoms with E-state index in [4.69, 9.17) is 13.3 Å². The third kappa shape index (κ3) is 4.51. The second-order valence-corrected chi connectivity index (χ2v) is 6.03. The second-order valence-electron chi connectivity index (χ2n) is 6.03. The number of allylic oxidation sites excluding steroid dienone is 1. The number of rotatable bonds is 5. The van der Waals surface area contributed by atoms with E-state index in [1.54, 1.807) is 18.3 Å². The van der Waals surface area contributed by atoms with Gasteiger partial charge in [-0.3, -0.25) is 0 Å². The number of nitrogens with zero attached hydrogens (tertiary/aromatic N) is 4. The zero-order chi connectivity index (χ0) is 21.7. The van der Waals surface area contributed by atoms with Crippen molar-refractivity contribution in [2.75, 3.05) is 10.6 Å². The van der Waals surface area contributed by atoms with E-state index in [2.05, 4.69) is 20.6 Å². The molecular formula is C22H18N6. The summed E-state index contributed by atoms with van der Waals surface area (Å²) in [6, 6.07) is 12.4. The predicted octanol–water partition coefficient (Wildman–Crippen LogP) is 4.99. The molecule has 0 amide bonds. The highest BCUT2D eigenvalue weighted by Gasteiger charge is 2.07. The van der Waals surface area contributed by atoms with Crippen LogP contribution in [0.4, 0.5) is 23.1 Å². The highest BCUT2D eigenvalue weighted by atomic mass is 15.1. The van der Waals surface area contributed by atoms with Crippen molar-refractivity contribution in [2.45, 2.75) is 13.8 Å². The van der Waals surface area contributed by atoms with Crippen LogP contribution in [0.5, 0.6) is 0 Å². The van der Waals surface area contributed by atoms with Gasteiger partial charge in [-0.1, -0.05) is 0 Å². The first kappa shape index (κ1) is 16.0. The fourth-order valence-electron chi connectivity index (χ4n) is 2.67. The van der Waals surface area contributed by atoms with Crippen molar-refractivity contribution in [3.63, 3.8) is 0 Å². The van der Waals surface area contributed by atoms with Gasteiger partial charge in [-0.15, -0.1) is 0 Å². The first-order chi connectivity index (χ1) is 14.4. The summed E-state index contributed by atoms with van der Waals surface area (Å²) in [5.74, 6) is 0.779. The van der Waals surface area contributed by atoms with Crippen LogP contribution in [-0.2, 0) is 0 Å². The molecule has 6 nitrogen and oxygen atoms in total. The van der Waals surface area contributed by atoms with Crippen molar-refractivity contribution in [3.05, 3.63) is 76.9 Å². The summed E-state index contributed by atoms with van der Waals surface area (Å²) in [6.07, 6.45) is 4.77. The zero-order valence-corrected chi connectivity index (χ0v) is 15.4. The first-order valence-corrected chi connectivity index (χ1v) is 8.47. The molecule has 0 bridgehead atoms. The quantitative estimate of drug-likeness (QED) is 0.616. The third-order valence-corrected chi connectivity index (χ3v) is 3.92. The molecule has 0 saturated heterocycles. The third-order valence-electron chi connectivity index (χ3n) is 3.92. The molecular weight excluding hydrogens is 348 g/mol. The molecule has 0 unspecified atom stereocenters. The van der Waals surface area contributed by atoms with E-state index in [-0.39, 0.29) is 29.3 Å². The normalized spacial score (nSPS) is 11.3. The summed E-state index contributed by atoms with van der Waals surface area (Å²) in [5.41, 5.74) is 4.31. The monoisotopic (exact) mass is 368 g/mol. The summed E-state index contributed by atoms with van der Waals surface area (Å²) in [5, 5.41) is 23.8. The lowest BCUT2D eigenvalue weighted by molar-refractivity contribution is 1.16. The van der Waals surface area contributed by atoms with E-state index in [1.807, 2.05) is 38.1 Å². The Morgan fingerprint density at radius 3 is 2.43 bits per heavy atom. The van der Waals surface area contributed by atoms with Gasteiger partial charge in [-0.2, -0.15) is 15.5 Å². The van der Waals surface area contributed by atoms with Crippen molar-refractivity contribution in [1.82, 2.24) is 9.97 Å². The zero-order valence-electron chi connectivity index (χ0n) is 17.4. The van der Waals surface area contributed by atoms with Crippen LogP contribution < -0.4 is 10.6 Å². The van der Waals surface area contributed by atoms with Gasteiger partial charge < -0.3 is 10.6 Å². The SMILES string of the molecule is [2H]c1cc(C#N)cc([2H])c1Nc1nccc(Nc2c(C)cc(/C=C/C#N)cc2C)n1. The maximum absolute atomic E-state index is 8.96. The van der Waals surface area contributed by atoms with Crippen molar-refractivity contribution < 1.29 is 2.74 Å². The predicted molar refractivity (Wildman–Crippen MR) is 110 cm³/mol. The van der Waals surface area contributed by atoms with Gasteiger partial charge in [0.25, 0.3) is 0 Å². The standard InChI is InChI=1S/C22H18N6/c1-15-12-18(4-3-10-23)13-16(2)21(15)27-20-9-11-25-22(28-20)26-19-7-5-17(14-24)6-8-19/h3-9,11-13H,1-2H3,(H2,25,26,27,28)/b4-3+/i7D,8D. The van der Waals surface area contributed by atoms with Gasteiger partial charge in [0.1, 0.15) is 5.82 Å². The molecule has 0 radical (unpaired) electrons. The molecule has 2 aromatic carbocycles. The van der Waals surface area contributed by atoms with E-state index >= 15 is 0 Å². The smallest absolute Gasteiger partial charge is 0.229 e. The molecule has 136 valence electrons. The number of anilines is 4. The lowest BCUT2D eigenvalue weighted by Gasteiger charge is -2.14. The number of hydrogen-bond acceptors (Lipinski definition) is 6. The van der Waals surface area contributed by atoms with Gasteiger partial charge >= 0.3 is 0 Å². The van der Waals surface area contributed by atoms with Gasteiger partial charge in [0.2, 0.25) is 5.95 Å². The maximum Gasteiger partial charge on any atom is 0.229 e. The number of nitrogens with one attached hydrogen (secondary N) is 2. The maximum atomic E-state index is 8.96. The van der Waals surface area contributed by atoms with Gasteiger partial charge in [-0.25, -0.2) is 4.98 Å². The Kier molecular flexibility index (Phi) is 4.86. The van der Waals surface area contributed by atoms with Crippen molar-refractivity contribution >= 4 is 29.2 Å². The van der Waals surface area contributed by atoms with Crippen LogP contribution in [0.2, 0.25) is 0 Å². The Morgan fingerprint density at radius 2 is 1.79 bits per heavy atom. The van der Waals surface area contributed by atoms with Crippen LogP contribution in [0.3, 0.4) is 0 Å². The van der Waals surface area contributed by atoms with Gasteiger partial charge in [0.05, 0.1) is 20.4 Å². The van der Waals surface area contributed by atoms with Crippen LogP contribution in [0.1, 0.15) is 25.0 Å². The minimum atomic E-state index is 0.0220. The van der Waals surface area contributed by atoms with Crippen molar-refractivity contribution in [2.24, 2.45) is 0 Å². The number of aryl methyl sites for hydroxylation is 2. The topological polar surface area (TPSA) is 97.4 Å². The lowest BCUT2D eigenvalue weighted by Crippen LogP contribution is -2.02. The average Bonchev–Trinajstić information content (AvgIpc) is 2.72. The summed E-state index contributed by atoms with van der Waals surface area (Å²) >= 11 is 0. The van der Waals surface area contributed by atoms with E-state index in [0.717, 1.165) is 22.4 Å². The van der Waals surface area contributed by atoms with Crippen LogP contribution in [0, 0.1) is 36.5 Å². The molecule has 0 atom stereocenters. The Balaban J connectivity index is 1.86. The lowest BCUT2D eigenvalue weighted by atomic mass is 10.0. The molecule has 0 spiro atoms. The van der Waals surface area contributed by atoms with Crippen LogP contribution in [0.15, 0.2) is 54.7 Å². The fourth-order valence-corrected chi connectivity index (χ4v) is 2.67. The first-order valence-electron chi connectivity index (χ1n) is 9.47. The highest BCUT2D eigenvalue weighted by Crippen LogP contribution is 2.26. The van der Waals surface area contributed by atoms with Gasteiger partial charge in [-0.05, 0) is 79.0 Å². The molecule has 0 aliphatic rings. The molecule has 0 saturated carbocycles. The molecule has 0 fully saturated rings. The Hall–Kier alpha value is -4.16. The molecule has 3 rings (SSSR count). The molecule has 28 heavy (non-hydrogen) atoms. The second kappa shape index (κ2) is 8.48. The average molecular weight is 368 g/mol.